The first-order valence-electron chi connectivity index (χ1n) is 5.80. The summed E-state index contributed by atoms with van der Waals surface area (Å²) in [6, 6.07) is -0.301. The number of carboxylic acid groups (broad SMARTS) is 1. The van der Waals surface area contributed by atoms with Crippen molar-refractivity contribution in [1.82, 2.24) is 10.2 Å². The van der Waals surface area contributed by atoms with Crippen LogP contribution in [0.4, 0.5) is 4.79 Å². The average molecular weight is 240 g/mol. The van der Waals surface area contributed by atoms with Crippen LogP contribution >= 0.6 is 0 Å². The van der Waals surface area contributed by atoms with Crippen molar-refractivity contribution in [3.8, 4) is 0 Å². The van der Waals surface area contributed by atoms with Gasteiger partial charge in [0.05, 0.1) is 0 Å². The molecule has 1 fully saturated rings. The SMILES string of the molecule is CC(C)=CCNC(=O)N1CCCC1(C)C(=O)O. The maximum absolute atomic E-state index is 11.9. The fourth-order valence-electron chi connectivity index (χ4n) is 1.95. The van der Waals surface area contributed by atoms with E-state index in [1.807, 2.05) is 19.9 Å². The summed E-state index contributed by atoms with van der Waals surface area (Å²) >= 11 is 0. The number of hydrogen-bond donors (Lipinski definition) is 2. The second kappa shape index (κ2) is 5.21. The first-order valence-corrected chi connectivity index (χ1v) is 5.80. The van der Waals surface area contributed by atoms with Crippen LogP contribution in [0.3, 0.4) is 0 Å². The van der Waals surface area contributed by atoms with Gasteiger partial charge < -0.3 is 15.3 Å². The lowest BCUT2D eigenvalue weighted by Crippen LogP contribution is -2.54. The molecule has 1 aliphatic heterocycles. The van der Waals surface area contributed by atoms with Gasteiger partial charge in [-0.2, -0.15) is 0 Å². The zero-order valence-corrected chi connectivity index (χ0v) is 10.6. The van der Waals surface area contributed by atoms with E-state index in [1.165, 1.54) is 4.90 Å². The van der Waals surface area contributed by atoms with Crippen LogP contribution in [-0.4, -0.2) is 40.6 Å². The maximum Gasteiger partial charge on any atom is 0.329 e. The minimum Gasteiger partial charge on any atom is -0.480 e. The number of urea groups is 1. The van der Waals surface area contributed by atoms with Gasteiger partial charge in [-0.3, -0.25) is 0 Å². The fourth-order valence-corrected chi connectivity index (χ4v) is 1.95. The highest BCUT2D eigenvalue weighted by atomic mass is 16.4. The van der Waals surface area contributed by atoms with Crippen molar-refractivity contribution >= 4 is 12.0 Å². The van der Waals surface area contributed by atoms with Gasteiger partial charge in [-0.25, -0.2) is 9.59 Å². The van der Waals surface area contributed by atoms with E-state index >= 15 is 0 Å². The molecule has 1 saturated heterocycles. The van der Waals surface area contributed by atoms with Crippen LogP contribution < -0.4 is 5.32 Å². The Balaban J connectivity index is 2.63. The molecule has 2 N–H and O–H groups in total. The summed E-state index contributed by atoms with van der Waals surface area (Å²) in [5.74, 6) is -0.938. The third kappa shape index (κ3) is 2.99. The molecule has 1 rings (SSSR count). The van der Waals surface area contributed by atoms with E-state index in [2.05, 4.69) is 5.32 Å². The summed E-state index contributed by atoms with van der Waals surface area (Å²) in [6.45, 7) is 6.44. The highest BCUT2D eigenvalue weighted by Gasteiger charge is 2.45. The number of rotatable bonds is 3. The van der Waals surface area contributed by atoms with Gasteiger partial charge in [0, 0.05) is 13.1 Å². The maximum atomic E-state index is 11.9. The normalized spacial score (nSPS) is 23.4. The van der Waals surface area contributed by atoms with Crippen molar-refractivity contribution in [3.05, 3.63) is 11.6 Å². The minimum atomic E-state index is -1.06. The van der Waals surface area contributed by atoms with E-state index in [0.717, 1.165) is 12.0 Å². The van der Waals surface area contributed by atoms with Crippen LogP contribution in [0.15, 0.2) is 11.6 Å². The molecule has 1 unspecified atom stereocenters. The van der Waals surface area contributed by atoms with E-state index in [9.17, 15) is 14.7 Å². The Kier molecular flexibility index (Phi) is 4.15. The Morgan fingerprint density at radius 3 is 2.65 bits per heavy atom. The molecule has 1 atom stereocenters. The van der Waals surface area contributed by atoms with Crippen LogP contribution in [0.25, 0.3) is 0 Å². The van der Waals surface area contributed by atoms with Crippen LogP contribution in [0.1, 0.15) is 33.6 Å². The van der Waals surface area contributed by atoms with Crippen molar-refractivity contribution in [1.29, 1.82) is 0 Å². The summed E-state index contributed by atoms with van der Waals surface area (Å²) in [7, 11) is 0. The number of likely N-dealkylation sites (tertiary alicyclic amines) is 1. The number of carboxylic acids is 1. The molecule has 0 bridgehead atoms. The number of carbonyl (C=O) groups is 2. The Bertz CT molecular complexity index is 348. The molecular weight excluding hydrogens is 220 g/mol. The zero-order valence-electron chi connectivity index (χ0n) is 10.6. The van der Waals surface area contributed by atoms with Crippen molar-refractivity contribution in [3.63, 3.8) is 0 Å². The van der Waals surface area contributed by atoms with Gasteiger partial charge in [-0.15, -0.1) is 0 Å². The molecule has 5 heteroatoms. The van der Waals surface area contributed by atoms with Gasteiger partial charge in [0.15, 0.2) is 0 Å². The Morgan fingerprint density at radius 1 is 1.47 bits per heavy atom. The van der Waals surface area contributed by atoms with E-state index in [4.69, 9.17) is 0 Å². The smallest absolute Gasteiger partial charge is 0.329 e. The number of allylic oxidation sites excluding steroid dienone is 1. The van der Waals surface area contributed by atoms with Crippen LogP contribution in [0.5, 0.6) is 0 Å². The largest absolute Gasteiger partial charge is 0.480 e. The molecule has 0 spiro atoms. The molecule has 0 aliphatic carbocycles. The van der Waals surface area contributed by atoms with Gasteiger partial charge in [0.2, 0.25) is 0 Å². The van der Waals surface area contributed by atoms with Crippen molar-refractivity contribution in [2.24, 2.45) is 0 Å². The lowest BCUT2D eigenvalue weighted by Gasteiger charge is -2.31. The minimum absolute atomic E-state index is 0.301. The number of nitrogens with one attached hydrogen (secondary N) is 1. The van der Waals surface area contributed by atoms with Crippen molar-refractivity contribution < 1.29 is 14.7 Å². The third-order valence-corrected chi connectivity index (χ3v) is 3.11. The van der Waals surface area contributed by atoms with Crippen LogP contribution in [0.2, 0.25) is 0 Å². The number of carbonyl (C=O) groups excluding carboxylic acids is 1. The predicted molar refractivity (Wildman–Crippen MR) is 64.8 cm³/mol. The Labute approximate surface area is 101 Å². The summed E-state index contributed by atoms with van der Waals surface area (Å²) in [6.07, 6.45) is 3.14. The van der Waals surface area contributed by atoms with Gasteiger partial charge in [-0.1, -0.05) is 11.6 Å². The summed E-state index contributed by atoms with van der Waals surface area (Å²) < 4.78 is 0. The summed E-state index contributed by atoms with van der Waals surface area (Å²) in [4.78, 5) is 24.5. The number of nitrogens with zero attached hydrogens (tertiary/aromatic N) is 1. The molecule has 0 radical (unpaired) electrons. The standard InChI is InChI=1S/C12H20N2O3/c1-9(2)5-7-13-11(17)14-8-4-6-12(14,3)10(15)16/h5H,4,6-8H2,1-3H3,(H,13,17)(H,15,16). The van der Waals surface area contributed by atoms with Gasteiger partial charge in [0.1, 0.15) is 5.54 Å². The molecule has 0 aromatic rings. The molecule has 2 amide bonds. The second-order valence-electron chi connectivity index (χ2n) is 4.80. The molecule has 0 aromatic carbocycles. The first kappa shape index (κ1) is 13.5. The lowest BCUT2D eigenvalue weighted by molar-refractivity contribution is -0.147. The third-order valence-electron chi connectivity index (χ3n) is 3.11. The topological polar surface area (TPSA) is 69.6 Å². The predicted octanol–water partition coefficient (Wildman–Crippen LogP) is 1.60. The fraction of sp³-hybridized carbons (Fsp3) is 0.667. The first-order chi connectivity index (χ1) is 7.88. The number of hydrogen-bond acceptors (Lipinski definition) is 2. The Morgan fingerprint density at radius 2 is 2.12 bits per heavy atom. The molecule has 96 valence electrons. The van der Waals surface area contributed by atoms with E-state index in [0.29, 0.717) is 19.5 Å². The zero-order chi connectivity index (χ0) is 13.1. The molecule has 0 saturated carbocycles. The van der Waals surface area contributed by atoms with Crippen LogP contribution in [-0.2, 0) is 4.79 Å². The van der Waals surface area contributed by atoms with Gasteiger partial charge in [-0.05, 0) is 33.6 Å². The van der Waals surface area contributed by atoms with Gasteiger partial charge in [0.25, 0.3) is 0 Å². The second-order valence-corrected chi connectivity index (χ2v) is 4.80. The van der Waals surface area contributed by atoms with E-state index in [-0.39, 0.29) is 6.03 Å². The number of aliphatic carboxylic acids is 1. The molecule has 1 heterocycles. The van der Waals surface area contributed by atoms with Crippen LogP contribution in [0, 0.1) is 0 Å². The summed E-state index contributed by atoms with van der Waals surface area (Å²) in [5.41, 5.74) is 0.0578. The summed E-state index contributed by atoms with van der Waals surface area (Å²) in [5, 5.41) is 11.9. The number of amides is 2. The van der Waals surface area contributed by atoms with Crippen molar-refractivity contribution in [2.75, 3.05) is 13.1 Å². The molecule has 5 nitrogen and oxygen atoms in total. The highest BCUT2D eigenvalue weighted by Crippen LogP contribution is 2.28. The van der Waals surface area contributed by atoms with Crippen molar-refractivity contribution in [2.45, 2.75) is 39.2 Å². The monoisotopic (exact) mass is 240 g/mol. The molecular formula is C12H20N2O3. The highest BCUT2D eigenvalue weighted by molar-refractivity contribution is 5.86. The van der Waals surface area contributed by atoms with Gasteiger partial charge >= 0.3 is 12.0 Å². The van der Waals surface area contributed by atoms with E-state index in [1.54, 1.807) is 6.92 Å². The van der Waals surface area contributed by atoms with E-state index < -0.39 is 11.5 Å². The lowest BCUT2D eigenvalue weighted by atomic mass is 10.00. The quantitative estimate of drug-likeness (QED) is 0.736. The average Bonchev–Trinajstić information content (AvgIpc) is 2.61. The Hall–Kier alpha value is -1.52. The molecule has 1 aliphatic rings. The molecule has 0 aromatic heterocycles. The molecule has 17 heavy (non-hydrogen) atoms.